The van der Waals surface area contributed by atoms with Gasteiger partial charge in [0, 0.05) is 17.0 Å². The van der Waals surface area contributed by atoms with E-state index in [0.717, 1.165) is 69.8 Å². The Morgan fingerprint density at radius 3 is 2.27 bits per heavy atom. The van der Waals surface area contributed by atoms with Gasteiger partial charge in [0.05, 0.1) is 22.1 Å². The molecule has 4 N–H and O–H groups in total. The van der Waals surface area contributed by atoms with Gasteiger partial charge in [0.15, 0.2) is 0 Å². The van der Waals surface area contributed by atoms with E-state index in [0.29, 0.717) is 12.3 Å². The average molecular weight is 509 g/mol. The minimum absolute atomic E-state index is 0.0250. The molecule has 0 amide bonds. The Morgan fingerprint density at radius 2 is 1.62 bits per heavy atom. The minimum atomic E-state index is -0.728. The maximum atomic E-state index is 13.0. The first-order valence-corrected chi connectivity index (χ1v) is 15.0. The fraction of sp³-hybridized carbons (Fsp3) is 0.844. The van der Waals surface area contributed by atoms with Crippen molar-refractivity contribution in [1.29, 1.82) is 0 Å². The molecule has 0 aromatic carbocycles. The number of fused-ring (bicyclic) bond motifs is 3. The first-order chi connectivity index (χ1) is 17.2. The zero-order valence-corrected chi connectivity index (χ0v) is 23.7. The van der Waals surface area contributed by atoms with Crippen LogP contribution in [-0.2, 0) is 4.79 Å². The fourth-order valence-electron chi connectivity index (χ4n) is 13.4. The smallest absolute Gasteiger partial charge is 0.311 e. The van der Waals surface area contributed by atoms with Gasteiger partial charge >= 0.3 is 5.97 Å². The van der Waals surface area contributed by atoms with Gasteiger partial charge in [0.2, 0.25) is 0 Å². The van der Waals surface area contributed by atoms with Crippen molar-refractivity contribution in [2.75, 3.05) is 0 Å². The third kappa shape index (κ3) is 2.07. The van der Waals surface area contributed by atoms with Crippen LogP contribution in [0, 0.1) is 33.5 Å². The zero-order valence-electron chi connectivity index (χ0n) is 23.7. The molecule has 3 spiro atoms. The quantitative estimate of drug-likeness (QED) is 0.303. The number of aliphatic hydroxyl groups is 1. The number of rotatable bonds is 4. The summed E-state index contributed by atoms with van der Waals surface area (Å²) in [4.78, 5) is 13.0. The molecule has 2 saturated heterocycles. The van der Waals surface area contributed by atoms with Crippen molar-refractivity contribution in [3.63, 3.8) is 0 Å². The summed E-state index contributed by atoms with van der Waals surface area (Å²) in [6.45, 7) is 20.4. The number of hydrogen-bond donors (Lipinski definition) is 4. The Hall–Kier alpha value is -1.17. The molecule has 2 heterocycles. The highest BCUT2D eigenvalue weighted by molar-refractivity contribution is 5.81. The maximum absolute atomic E-state index is 13.0. The average Bonchev–Trinajstić information content (AvgIpc) is 3.64. The van der Waals surface area contributed by atoms with Gasteiger partial charge < -0.3 is 15.5 Å². The second-order valence-electron chi connectivity index (χ2n) is 15.6. The predicted octanol–water partition coefficient (Wildman–Crippen LogP) is 5.34. The number of nitrogens with one attached hydrogen (secondary N) is 2. The number of carboxylic acids is 1. The van der Waals surface area contributed by atoms with Crippen molar-refractivity contribution in [2.24, 2.45) is 33.5 Å². The molecule has 7 fully saturated rings. The van der Waals surface area contributed by atoms with E-state index in [9.17, 15) is 15.0 Å². The van der Waals surface area contributed by atoms with Crippen LogP contribution in [0.15, 0.2) is 24.8 Å². The highest BCUT2D eigenvalue weighted by Crippen LogP contribution is 2.85. The van der Waals surface area contributed by atoms with E-state index in [4.69, 9.17) is 0 Å². The van der Waals surface area contributed by atoms with Gasteiger partial charge in [-0.2, -0.15) is 0 Å². The molecule has 5 aliphatic carbocycles. The van der Waals surface area contributed by atoms with Crippen molar-refractivity contribution in [1.82, 2.24) is 10.6 Å². The van der Waals surface area contributed by atoms with Gasteiger partial charge in [-0.1, -0.05) is 39.0 Å². The Bertz CT molecular complexity index is 1150. The SMILES string of the molecule is C=CC[C@]1(O)CC[C@]2(C)[C@H]3CC[C@@]45N[C@]46[C@H](C(=C)C)CC[C@]6(C(=O)O)CC[C@@]5(C)[C@]3(C)CC[C@]23NC13C. The number of carbonyl (C=O) groups is 1. The summed E-state index contributed by atoms with van der Waals surface area (Å²) < 4.78 is 0. The number of carboxylic acid groups (broad SMARTS) is 1. The van der Waals surface area contributed by atoms with E-state index in [1.807, 2.05) is 6.08 Å². The fourth-order valence-corrected chi connectivity index (χ4v) is 13.4. The summed E-state index contributed by atoms with van der Waals surface area (Å²) in [5.74, 6) is 0.204. The Balaban J connectivity index is 1.32. The van der Waals surface area contributed by atoms with Crippen LogP contribution < -0.4 is 10.6 Å². The van der Waals surface area contributed by atoms with Crippen LogP contribution in [-0.4, -0.2) is 43.9 Å². The zero-order chi connectivity index (χ0) is 26.7. The first kappa shape index (κ1) is 24.8. The summed E-state index contributed by atoms with van der Waals surface area (Å²) in [6, 6.07) is 0. The van der Waals surface area contributed by atoms with Crippen LogP contribution in [0.2, 0.25) is 0 Å². The van der Waals surface area contributed by atoms with E-state index in [1.54, 1.807) is 0 Å². The molecule has 5 saturated carbocycles. The lowest BCUT2D eigenvalue weighted by Gasteiger charge is -2.71. The molecule has 7 aliphatic rings. The highest BCUT2D eigenvalue weighted by atomic mass is 16.4. The predicted molar refractivity (Wildman–Crippen MR) is 145 cm³/mol. The monoisotopic (exact) mass is 508 g/mol. The topological polar surface area (TPSA) is 101 Å². The third-order valence-corrected chi connectivity index (χ3v) is 15.5. The molecule has 5 heteroatoms. The van der Waals surface area contributed by atoms with Crippen LogP contribution in [0.1, 0.15) is 105 Å². The van der Waals surface area contributed by atoms with Gasteiger partial charge in [-0.05, 0) is 107 Å². The van der Waals surface area contributed by atoms with Crippen molar-refractivity contribution in [3.05, 3.63) is 24.8 Å². The molecule has 37 heavy (non-hydrogen) atoms. The Morgan fingerprint density at radius 1 is 0.919 bits per heavy atom. The molecular formula is C32H48N2O3. The van der Waals surface area contributed by atoms with Crippen LogP contribution in [0.3, 0.4) is 0 Å². The molecule has 0 aromatic heterocycles. The molecule has 2 aliphatic heterocycles. The molecule has 0 radical (unpaired) electrons. The second kappa shape index (κ2) is 6.41. The van der Waals surface area contributed by atoms with E-state index < -0.39 is 17.0 Å². The second-order valence-corrected chi connectivity index (χ2v) is 15.6. The van der Waals surface area contributed by atoms with Gasteiger partial charge in [-0.25, -0.2) is 0 Å². The van der Waals surface area contributed by atoms with Crippen molar-refractivity contribution in [3.8, 4) is 0 Å². The molecule has 7 rings (SSSR count). The highest BCUT2D eigenvalue weighted by Gasteiger charge is 2.93. The maximum Gasteiger partial charge on any atom is 0.311 e. The lowest BCUT2D eigenvalue weighted by Crippen LogP contribution is -2.72. The molecule has 5 nitrogen and oxygen atoms in total. The van der Waals surface area contributed by atoms with Crippen LogP contribution in [0.25, 0.3) is 0 Å². The van der Waals surface area contributed by atoms with E-state index in [-0.39, 0.29) is 44.3 Å². The van der Waals surface area contributed by atoms with Crippen LogP contribution in [0.4, 0.5) is 0 Å². The number of hydrogen-bond acceptors (Lipinski definition) is 4. The minimum Gasteiger partial charge on any atom is -0.481 e. The largest absolute Gasteiger partial charge is 0.481 e. The summed E-state index contributed by atoms with van der Waals surface area (Å²) in [5, 5.41) is 30.6. The molecular weight excluding hydrogens is 460 g/mol. The standard InChI is InChI=1S/C32H48N2O3/c1-8-11-29(37)18-14-25(5)22-10-13-31-26(6,24(22,4)15-19-30(25)27(29,7)33-30)16-17-28(23(35)36)12-9-21(20(2)3)32(28,31)34-31/h8,21-22,33-34,37H,1-2,9-19H2,3-7H3,(H,35,36)/t21-,22-,24+,25+,26-,27?,28+,29-,30-,31-,32-/m0/s1. The van der Waals surface area contributed by atoms with Gasteiger partial charge in [-0.3, -0.25) is 10.1 Å². The summed E-state index contributed by atoms with van der Waals surface area (Å²) in [7, 11) is 0. The van der Waals surface area contributed by atoms with E-state index in [2.05, 4.69) is 58.4 Å². The lowest BCUT2D eigenvalue weighted by molar-refractivity contribution is -0.204. The van der Waals surface area contributed by atoms with Gasteiger partial charge in [-0.15, -0.1) is 6.58 Å². The van der Waals surface area contributed by atoms with E-state index >= 15 is 0 Å². The summed E-state index contributed by atoms with van der Waals surface area (Å²) in [5.41, 5.74) is -0.736. The van der Waals surface area contributed by atoms with Gasteiger partial charge in [0.1, 0.15) is 0 Å². The van der Waals surface area contributed by atoms with Gasteiger partial charge in [0.25, 0.3) is 0 Å². The Kier molecular flexibility index (Phi) is 4.31. The van der Waals surface area contributed by atoms with Crippen molar-refractivity contribution >= 4 is 5.97 Å². The van der Waals surface area contributed by atoms with Crippen LogP contribution >= 0.6 is 0 Å². The van der Waals surface area contributed by atoms with Crippen LogP contribution in [0.5, 0.6) is 0 Å². The molecule has 0 aromatic rings. The Labute approximate surface area is 222 Å². The summed E-state index contributed by atoms with van der Waals surface area (Å²) in [6.07, 6.45) is 12.3. The third-order valence-electron chi connectivity index (χ3n) is 15.5. The molecule has 204 valence electrons. The molecule has 1 unspecified atom stereocenters. The normalized spacial score (nSPS) is 62.5. The lowest BCUT2D eigenvalue weighted by atomic mass is 9.32. The molecule has 0 bridgehead atoms. The molecule has 11 atom stereocenters. The number of aliphatic carboxylic acids is 1. The van der Waals surface area contributed by atoms with Crippen molar-refractivity contribution < 1.29 is 15.0 Å². The van der Waals surface area contributed by atoms with Crippen molar-refractivity contribution in [2.45, 2.75) is 133 Å². The summed E-state index contributed by atoms with van der Waals surface area (Å²) >= 11 is 0. The van der Waals surface area contributed by atoms with E-state index in [1.165, 1.54) is 0 Å². The first-order valence-electron chi connectivity index (χ1n) is 15.0.